The zero-order chi connectivity index (χ0) is 22.2. The number of halogens is 1. The number of carbonyl (C=O) groups is 3. The standard InChI is InChI=1S/C23H21ClN4O4/c24-14-5-7-16(8-6-14)32-23(31)26-15-10-20-21(29)27-19(22(30)28(20)12-15)9-13-11-25-18-4-2-1-3-17(13)18/h1-8,11,15,19-20,25H,9-10,12H2,(H,26,31)(H,27,29)/t15-,19-,20-/m0/s1. The summed E-state index contributed by atoms with van der Waals surface area (Å²) in [6.07, 6.45) is 1.97. The van der Waals surface area contributed by atoms with Gasteiger partial charge in [-0.15, -0.1) is 0 Å². The van der Waals surface area contributed by atoms with Crippen LogP contribution < -0.4 is 15.4 Å². The van der Waals surface area contributed by atoms with Gasteiger partial charge < -0.3 is 25.3 Å². The van der Waals surface area contributed by atoms with Gasteiger partial charge in [-0.25, -0.2) is 4.79 Å². The Morgan fingerprint density at radius 1 is 1.16 bits per heavy atom. The second kappa shape index (κ2) is 8.20. The highest BCUT2D eigenvalue weighted by atomic mass is 35.5. The Morgan fingerprint density at radius 2 is 1.94 bits per heavy atom. The molecule has 2 aliphatic heterocycles. The molecule has 0 spiro atoms. The summed E-state index contributed by atoms with van der Waals surface area (Å²) >= 11 is 5.83. The topological polar surface area (TPSA) is 104 Å². The van der Waals surface area contributed by atoms with Gasteiger partial charge in [0.2, 0.25) is 11.8 Å². The fraction of sp³-hybridized carbons (Fsp3) is 0.261. The van der Waals surface area contributed by atoms with Gasteiger partial charge in [0, 0.05) is 35.1 Å². The number of rotatable bonds is 4. The Morgan fingerprint density at radius 3 is 2.75 bits per heavy atom. The fourth-order valence-corrected chi connectivity index (χ4v) is 4.55. The van der Waals surface area contributed by atoms with Crippen LogP contribution >= 0.6 is 11.6 Å². The number of ether oxygens (including phenoxy) is 1. The summed E-state index contributed by atoms with van der Waals surface area (Å²) in [5.41, 5.74) is 1.96. The summed E-state index contributed by atoms with van der Waals surface area (Å²) < 4.78 is 5.25. The van der Waals surface area contributed by atoms with E-state index in [2.05, 4.69) is 15.6 Å². The van der Waals surface area contributed by atoms with Crippen LogP contribution in [0.25, 0.3) is 10.9 Å². The Hall–Kier alpha value is -3.52. The van der Waals surface area contributed by atoms with Crippen LogP contribution in [-0.4, -0.2) is 52.5 Å². The van der Waals surface area contributed by atoms with Crippen molar-refractivity contribution < 1.29 is 19.1 Å². The van der Waals surface area contributed by atoms with E-state index in [1.54, 1.807) is 29.2 Å². The van der Waals surface area contributed by atoms with Gasteiger partial charge >= 0.3 is 6.09 Å². The molecule has 5 rings (SSSR count). The third kappa shape index (κ3) is 3.89. The smallest absolute Gasteiger partial charge is 0.410 e. The molecule has 9 heteroatoms. The minimum absolute atomic E-state index is 0.143. The third-order valence-electron chi connectivity index (χ3n) is 5.95. The number of aromatic amines is 1. The van der Waals surface area contributed by atoms with Gasteiger partial charge in [0.15, 0.2) is 0 Å². The molecule has 2 aliphatic rings. The highest BCUT2D eigenvalue weighted by Gasteiger charge is 2.46. The number of piperazine rings is 1. The molecule has 32 heavy (non-hydrogen) atoms. The van der Waals surface area contributed by atoms with E-state index in [0.29, 0.717) is 23.6 Å². The lowest BCUT2D eigenvalue weighted by Crippen LogP contribution is -2.61. The van der Waals surface area contributed by atoms with Crippen molar-refractivity contribution in [3.05, 3.63) is 65.3 Å². The van der Waals surface area contributed by atoms with E-state index in [4.69, 9.17) is 16.3 Å². The highest BCUT2D eigenvalue weighted by Crippen LogP contribution is 2.26. The van der Waals surface area contributed by atoms with E-state index >= 15 is 0 Å². The molecule has 8 nitrogen and oxygen atoms in total. The number of hydrogen-bond acceptors (Lipinski definition) is 4. The molecular weight excluding hydrogens is 432 g/mol. The van der Waals surface area contributed by atoms with Crippen molar-refractivity contribution in [2.45, 2.75) is 31.0 Å². The van der Waals surface area contributed by atoms with Crippen molar-refractivity contribution in [2.75, 3.05) is 6.54 Å². The first-order valence-corrected chi connectivity index (χ1v) is 10.8. The lowest BCUT2D eigenvalue weighted by Gasteiger charge is -2.34. The van der Waals surface area contributed by atoms with E-state index in [0.717, 1.165) is 16.5 Å². The third-order valence-corrected chi connectivity index (χ3v) is 6.20. The Labute approximate surface area is 188 Å². The zero-order valence-electron chi connectivity index (χ0n) is 17.0. The van der Waals surface area contributed by atoms with Crippen LogP contribution in [0.5, 0.6) is 5.75 Å². The average Bonchev–Trinajstić information content (AvgIpc) is 3.38. The summed E-state index contributed by atoms with van der Waals surface area (Å²) in [6.45, 7) is 0.261. The molecule has 0 radical (unpaired) electrons. The molecule has 0 aliphatic carbocycles. The largest absolute Gasteiger partial charge is 0.412 e. The van der Waals surface area contributed by atoms with Gasteiger partial charge in [0.25, 0.3) is 0 Å². The lowest BCUT2D eigenvalue weighted by atomic mass is 10.0. The summed E-state index contributed by atoms with van der Waals surface area (Å²) in [5, 5.41) is 7.18. The molecule has 1 aromatic heterocycles. The minimum atomic E-state index is -0.641. The molecule has 0 unspecified atom stereocenters. The Balaban J connectivity index is 1.24. The van der Waals surface area contributed by atoms with Crippen LogP contribution in [0.3, 0.4) is 0 Å². The first-order chi connectivity index (χ1) is 15.5. The minimum Gasteiger partial charge on any atom is -0.410 e. The number of fused-ring (bicyclic) bond motifs is 2. The molecular formula is C23H21ClN4O4. The molecule has 2 fully saturated rings. The molecule has 3 amide bonds. The predicted octanol–water partition coefficient (Wildman–Crippen LogP) is 2.62. The highest BCUT2D eigenvalue weighted by molar-refractivity contribution is 6.30. The monoisotopic (exact) mass is 452 g/mol. The maximum absolute atomic E-state index is 13.1. The van der Waals surface area contributed by atoms with Crippen LogP contribution in [-0.2, 0) is 16.0 Å². The Kier molecular flexibility index (Phi) is 5.22. The van der Waals surface area contributed by atoms with Crippen molar-refractivity contribution >= 4 is 40.4 Å². The van der Waals surface area contributed by atoms with Crippen molar-refractivity contribution in [3.8, 4) is 5.75 Å². The SMILES string of the molecule is O=C(N[C@H]1C[C@H]2C(=O)N[C@@H](Cc3c[nH]c4ccccc34)C(=O)N2C1)Oc1ccc(Cl)cc1. The van der Waals surface area contributed by atoms with Crippen molar-refractivity contribution in [1.82, 2.24) is 20.5 Å². The quantitative estimate of drug-likeness (QED) is 0.566. The molecule has 2 saturated heterocycles. The van der Waals surface area contributed by atoms with Gasteiger partial charge in [-0.3, -0.25) is 9.59 Å². The van der Waals surface area contributed by atoms with Crippen LogP contribution in [0.2, 0.25) is 5.02 Å². The van der Waals surface area contributed by atoms with Crippen LogP contribution in [0.15, 0.2) is 54.7 Å². The van der Waals surface area contributed by atoms with E-state index in [1.807, 2.05) is 30.5 Å². The number of benzene rings is 2. The average molecular weight is 453 g/mol. The van der Waals surface area contributed by atoms with Gasteiger partial charge in [-0.05, 0) is 42.3 Å². The van der Waals surface area contributed by atoms with E-state index in [9.17, 15) is 14.4 Å². The van der Waals surface area contributed by atoms with Crippen molar-refractivity contribution in [3.63, 3.8) is 0 Å². The fourth-order valence-electron chi connectivity index (χ4n) is 4.43. The number of amides is 3. The first kappa shape index (κ1) is 20.4. The van der Waals surface area contributed by atoms with Crippen LogP contribution in [0.4, 0.5) is 4.79 Å². The van der Waals surface area contributed by atoms with Gasteiger partial charge in [-0.2, -0.15) is 0 Å². The van der Waals surface area contributed by atoms with E-state index < -0.39 is 18.2 Å². The second-order valence-electron chi connectivity index (χ2n) is 8.05. The maximum atomic E-state index is 13.1. The van der Waals surface area contributed by atoms with Gasteiger partial charge in [0.05, 0.1) is 6.04 Å². The second-order valence-corrected chi connectivity index (χ2v) is 8.49. The predicted molar refractivity (Wildman–Crippen MR) is 118 cm³/mol. The van der Waals surface area contributed by atoms with E-state index in [1.165, 1.54) is 0 Å². The number of para-hydroxylation sites is 1. The molecule has 3 heterocycles. The zero-order valence-corrected chi connectivity index (χ0v) is 17.8. The number of aromatic nitrogens is 1. The first-order valence-electron chi connectivity index (χ1n) is 10.4. The molecule has 0 saturated carbocycles. The molecule has 164 valence electrons. The Bertz CT molecular complexity index is 1190. The number of nitrogens with zero attached hydrogens (tertiary/aromatic N) is 1. The molecule has 3 N–H and O–H groups in total. The van der Waals surface area contributed by atoms with Crippen molar-refractivity contribution in [1.29, 1.82) is 0 Å². The van der Waals surface area contributed by atoms with E-state index in [-0.39, 0.29) is 24.4 Å². The summed E-state index contributed by atoms with van der Waals surface area (Å²) in [4.78, 5) is 42.8. The van der Waals surface area contributed by atoms with Crippen LogP contribution in [0, 0.1) is 0 Å². The van der Waals surface area contributed by atoms with Crippen molar-refractivity contribution in [2.24, 2.45) is 0 Å². The molecule has 0 bridgehead atoms. The number of carbonyl (C=O) groups excluding carboxylic acids is 3. The number of H-pyrrole nitrogens is 1. The molecule has 3 atom stereocenters. The van der Waals surface area contributed by atoms with Crippen LogP contribution in [0.1, 0.15) is 12.0 Å². The molecule has 2 aromatic carbocycles. The van der Waals surface area contributed by atoms with Gasteiger partial charge in [-0.1, -0.05) is 29.8 Å². The summed E-state index contributed by atoms with van der Waals surface area (Å²) in [7, 11) is 0. The number of hydrogen-bond donors (Lipinski definition) is 3. The normalized spacial score (nSPS) is 22.5. The summed E-state index contributed by atoms with van der Waals surface area (Å²) in [5.74, 6) is 0.00953. The number of nitrogens with one attached hydrogen (secondary N) is 3. The lowest BCUT2D eigenvalue weighted by molar-refractivity contribution is -0.146. The summed E-state index contributed by atoms with van der Waals surface area (Å²) in [6, 6.07) is 12.7. The molecule has 3 aromatic rings. The van der Waals surface area contributed by atoms with Gasteiger partial charge in [0.1, 0.15) is 17.8 Å². The maximum Gasteiger partial charge on any atom is 0.412 e.